The summed E-state index contributed by atoms with van der Waals surface area (Å²) in [5.74, 6) is 0. The lowest BCUT2D eigenvalue weighted by atomic mass is 10.3. The molecule has 0 saturated heterocycles. The molecule has 0 aliphatic carbocycles. The molecule has 2 aromatic rings. The predicted octanol–water partition coefficient (Wildman–Crippen LogP) is 0.0896. The lowest BCUT2D eigenvalue weighted by Gasteiger charge is -2.04. The molecule has 1 aromatic heterocycles. The van der Waals surface area contributed by atoms with E-state index in [9.17, 15) is 17.8 Å². The SMILES string of the molecule is C[n+]1ccc(C=O)cc1.O.O=S(=O)([O-])c1ccccc1. The van der Waals surface area contributed by atoms with Crippen LogP contribution in [0.25, 0.3) is 0 Å². The van der Waals surface area contributed by atoms with Crippen molar-refractivity contribution in [3.8, 4) is 0 Å². The van der Waals surface area contributed by atoms with Crippen molar-refractivity contribution in [2.24, 2.45) is 7.05 Å². The number of nitrogens with zero attached hydrogens (tertiary/aromatic N) is 1. The monoisotopic (exact) mass is 297 g/mol. The van der Waals surface area contributed by atoms with Crippen molar-refractivity contribution in [2.75, 3.05) is 0 Å². The van der Waals surface area contributed by atoms with Gasteiger partial charge in [-0.25, -0.2) is 13.0 Å². The molecule has 20 heavy (non-hydrogen) atoms. The number of carbonyl (C=O) groups excluding carboxylic acids is 1. The maximum atomic E-state index is 10.3. The minimum Gasteiger partial charge on any atom is -0.744 e. The van der Waals surface area contributed by atoms with E-state index in [2.05, 4.69) is 0 Å². The fourth-order valence-corrected chi connectivity index (χ4v) is 1.67. The van der Waals surface area contributed by atoms with Gasteiger partial charge in [0.05, 0.1) is 4.90 Å². The number of aromatic nitrogens is 1. The highest BCUT2D eigenvalue weighted by Crippen LogP contribution is 2.04. The average Bonchev–Trinajstić information content (AvgIpc) is 2.40. The lowest BCUT2D eigenvalue weighted by Crippen LogP contribution is -2.25. The summed E-state index contributed by atoms with van der Waals surface area (Å²) < 4.78 is 32.7. The van der Waals surface area contributed by atoms with Gasteiger partial charge in [0.25, 0.3) is 0 Å². The first-order valence-corrected chi connectivity index (χ1v) is 6.76. The van der Waals surface area contributed by atoms with Crippen LogP contribution < -0.4 is 4.57 Å². The zero-order valence-corrected chi connectivity index (χ0v) is 11.6. The van der Waals surface area contributed by atoms with Crippen molar-refractivity contribution in [1.82, 2.24) is 0 Å². The molecule has 2 rings (SSSR count). The highest BCUT2D eigenvalue weighted by molar-refractivity contribution is 7.85. The van der Waals surface area contributed by atoms with E-state index < -0.39 is 10.1 Å². The molecule has 7 heteroatoms. The Morgan fingerprint density at radius 3 is 1.90 bits per heavy atom. The zero-order valence-electron chi connectivity index (χ0n) is 10.8. The van der Waals surface area contributed by atoms with Crippen LogP contribution in [0, 0.1) is 0 Å². The number of pyridine rings is 1. The van der Waals surface area contributed by atoms with Gasteiger partial charge in [0.15, 0.2) is 18.7 Å². The van der Waals surface area contributed by atoms with Gasteiger partial charge in [-0.05, 0) is 12.1 Å². The molecular formula is C13H15NO5S. The number of hydrogen-bond donors (Lipinski definition) is 0. The van der Waals surface area contributed by atoms with E-state index in [1.54, 1.807) is 18.2 Å². The second-order valence-electron chi connectivity index (χ2n) is 3.68. The summed E-state index contributed by atoms with van der Waals surface area (Å²) in [6.07, 6.45) is 4.51. The van der Waals surface area contributed by atoms with E-state index in [-0.39, 0.29) is 10.4 Å². The van der Waals surface area contributed by atoms with Gasteiger partial charge in [-0.3, -0.25) is 4.79 Å². The number of carbonyl (C=O) groups is 1. The van der Waals surface area contributed by atoms with Crippen molar-refractivity contribution in [3.05, 3.63) is 60.4 Å². The molecule has 0 atom stereocenters. The first kappa shape index (κ1) is 17.9. The maximum Gasteiger partial charge on any atom is 0.169 e. The maximum absolute atomic E-state index is 10.3. The Balaban J connectivity index is 0.000000345. The summed E-state index contributed by atoms with van der Waals surface area (Å²) in [6, 6.07) is 10.7. The molecule has 0 amide bonds. The fraction of sp³-hybridized carbons (Fsp3) is 0.0769. The highest BCUT2D eigenvalue weighted by atomic mass is 32.2. The molecule has 0 spiro atoms. The van der Waals surface area contributed by atoms with Crippen LogP contribution in [-0.2, 0) is 17.2 Å². The summed E-state index contributed by atoms with van der Waals surface area (Å²) in [5, 5.41) is 0. The Morgan fingerprint density at radius 1 is 1.05 bits per heavy atom. The van der Waals surface area contributed by atoms with Gasteiger partial charge in [-0.1, -0.05) is 18.2 Å². The Morgan fingerprint density at radius 2 is 1.55 bits per heavy atom. The zero-order chi connectivity index (χ0) is 14.3. The lowest BCUT2D eigenvalue weighted by molar-refractivity contribution is -0.671. The molecule has 0 aliphatic rings. The van der Waals surface area contributed by atoms with Gasteiger partial charge < -0.3 is 10.0 Å². The normalized spacial score (nSPS) is 9.70. The summed E-state index contributed by atoms with van der Waals surface area (Å²) in [4.78, 5) is 9.92. The van der Waals surface area contributed by atoms with Gasteiger partial charge in [0, 0.05) is 17.7 Å². The van der Waals surface area contributed by atoms with Crippen molar-refractivity contribution in [3.63, 3.8) is 0 Å². The van der Waals surface area contributed by atoms with Gasteiger partial charge >= 0.3 is 0 Å². The first-order chi connectivity index (χ1) is 8.93. The molecule has 0 saturated carbocycles. The van der Waals surface area contributed by atoms with E-state index in [4.69, 9.17) is 0 Å². The van der Waals surface area contributed by atoms with Crippen molar-refractivity contribution >= 4 is 16.4 Å². The van der Waals surface area contributed by atoms with Crippen molar-refractivity contribution in [1.29, 1.82) is 0 Å². The molecular weight excluding hydrogens is 282 g/mol. The minimum absolute atomic E-state index is 0. The third kappa shape index (κ3) is 6.19. The van der Waals surface area contributed by atoms with Crippen LogP contribution in [0.3, 0.4) is 0 Å². The number of hydrogen-bond acceptors (Lipinski definition) is 4. The predicted molar refractivity (Wildman–Crippen MR) is 71.0 cm³/mol. The topological polar surface area (TPSA) is 110 Å². The molecule has 0 aliphatic heterocycles. The molecule has 1 heterocycles. The summed E-state index contributed by atoms with van der Waals surface area (Å²) in [7, 11) is -2.34. The third-order valence-electron chi connectivity index (χ3n) is 2.17. The van der Waals surface area contributed by atoms with Crippen LogP contribution in [0.15, 0.2) is 59.8 Å². The molecule has 0 bridgehead atoms. The molecule has 6 nitrogen and oxygen atoms in total. The van der Waals surface area contributed by atoms with E-state index in [0.717, 1.165) is 6.29 Å². The molecule has 0 radical (unpaired) electrons. The summed E-state index contributed by atoms with van der Waals surface area (Å²) in [6.45, 7) is 0. The largest absolute Gasteiger partial charge is 0.744 e. The van der Waals surface area contributed by atoms with Gasteiger partial charge in [0.2, 0.25) is 0 Å². The van der Waals surface area contributed by atoms with Gasteiger partial charge in [-0.15, -0.1) is 0 Å². The van der Waals surface area contributed by atoms with E-state index >= 15 is 0 Å². The molecule has 1 aromatic carbocycles. The molecule has 108 valence electrons. The number of benzene rings is 1. The van der Waals surface area contributed by atoms with Crippen LogP contribution in [0.4, 0.5) is 0 Å². The Hall–Kier alpha value is -2.09. The Kier molecular flexibility index (Phi) is 7.30. The number of aryl methyl sites for hydroxylation is 1. The fourth-order valence-electron chi connectivity index (χ4n) is 1.18. The van der Waals surface area contributed by atoms with Crippen LogP contribution in [-0.4, -0.2) is 24.7 Å². The second-order valence-corrected chi connectivity index (χ2v) is 5.06. The molecule has 0 fully saturated rings. The molecule has 2 N–H and O–H groups in total. The van der Waals surface area contributed by atoms with E-state index in [1.807, 2.05) is 24.0 Å². The quantitative estimate of drug-likeness (QED) is 0.444. The number of aldehydes is 1. The van der Waals surface area contributed by atoms with Gasteiger partial charge in [0.1, 0.15) is 17.2 Å². The van der Waals surface area contributed by atoms with Crippen LogP contribution in [0.5, 0.6) is 0 Å². The smallest absolute Gasteiger partial charge is 0.169 e. The second kappa shape index (κ2) is 8.16. The van der Waals surface area contributed by atoms with Crippen LogP contribution in [0.2, 0.25) is 0 Å². The van der Waals surface area contributed by atoms with Crippen LogP contribution in [0.1, 0.15) is 10.4 Å². The molecule has 0 unspecified atom stereocenters. The van der Waals surface area contributed by atoms with Crippen molar-refractivity contribution < 1.29 is 27.8 Å². The first-order valence-electron chi connectivity index (χ1n) is 5.35. The number of rotatable bonds is 2. The Labute approximate surface area is 117 Å². The summed E-state index contributed by atoms with van der Waals surface area (Å²) >= 11 is 0. The van der Waals surface area contributed by atoms with Crippen LogP contribution >= 0.6 is 0 Å². The van der Waals surface area contributed by atoms with Crippen molar-refractivity contribution in [2.45, 2.75) is 4.90 Å². The third-order valence-corrected chi connectivity index (χ3v) is 3.02. The van der Waals surface area contributed by atoms with Gasteiger partial charge in [-0.2, -0.15) is 0 Å². The van der Waals surface area contributed by atoms with E-state index in [0.29, 0.717) is 5.56 Å². The standard InChI is InChI=1S/C7H8NO.C6H6O3S.H2O/c1-8-4-2-7(6-9)3-5-8;7-10(8,9)6-4-2-1-3-5-6;/h2-6H,1H3;1-5H,(H,7,8,9);1H2/q+1;;/p-1. The van der Waals surface area contributed by atoms with E-state index in [1.165, 1.54) is 24.3 Å². The minimum atomic E-state index is -4.25. The summed E-state index contributed by atoms with van der Waals surface area (Å²) in [5.41, 5.74) is 0.716. The highest BCUT2D eigenvalue weighted by Gasteiger charge is 1.95. The average molecular weight is 297 g/mol. The Bertz CT molecular complexity index is 624.